The van der Waals surface area contributed by atoms with Crippen LogP contribution in [0, 0.1) is 0 Å². The lowest BCUT2D eigenvalue weighted by atomic mass is 10.3. The third kappa shape index (κ3) is 3.20. The fourth-order valence-electron chi connectivity index (χ4n) is 1.73. The van der Waals surface area contributed by atoms with Crippen molar-refractivity contribution in [2.75, 3.05) is 11.6 Å². The highest BCUT2D eigenvalue weighted by molar-refractivity contribution is 6.30. The van der Waals surface area contributed by atoms with Crippen molar-refractivity contribution in [3.05, 3.63) is 53.9 Å². The first-order valence-corrected chi connectivity index (χ1v) is 6.54. The van der Waals surface area contributed by atoms with Crippen molar-refractivity contribution in [1.29, 1.82) is 0 Å². The number of aromatic nitrogens is 2. The molecule has 0 unspecified atom stereocenters. The van der Waals surface area contributed by atoms with Gasteiger partial charge in [-0.05, 0) is 18.6 Å². The van der Waals surface area contributed by atoms with Crippen molar-refractivity contribution in [3.63, 3.8) is 0 Å². The van der Waals surface area contributed by atoms with Crippen LogP contribution < -0.4 is 9.69 Å². The molecule has 94 valence electrons. The standard InChI is InChI=1S/C14H17ClN3/c1-2-3-11-18(17-9-5-4-6-10-17)14-8-7-13(15)12-16-14/h4-10,12H,2-3,11H2,1H3/q+1. The van der Waals surface area contributed by atoms with Gasteiger partial charge >= 0.3 is 0 Å². The summed E-state index contributed by atoms with van der Waals surface area (Å²) in [5, 5.41) is 2.80. The topological polar surface area (TPSA) is 20.0 Å². The van der Waals surface area contributed by atoms with Gasteiger partial charge in [0.1, 0.15) is 0 Å². The number of hydrogen-bond donors (Lipinski definition) is 0. The number of halogens is 1. The van der Waals surface area contributed by atoms with Gasteiger partial charge in [0.15, 0.2) is 18.2 Å². The molecule has 2 aromatic heterocycles. The van der Waals surface area contributed by atoms with Crippen molar-refractivity contribution in [2.24, 2.45) is 0 Å². The molecule has 0 saturated carbocycles. The summed E-state index contributed by atoms with van der Waals surface area (Å²) in [7, 11) is 0. The Morgan fingerprint density at radius 1 is 1.22 bits per heavy atom. The summed E-state index contributed by atoms with van der Waals surface area (Å²) in [6.45, 7) is 3.11. The lowest BCUT2D eigenvalue weighted by Gasteiger charge is -2.16. The van der Waals surface area contributed by atoms with E-state index in [4.69, 9.17) is 11.6 Å². The van der Waals surface area contributed by atoms with Crippen molar-refractivity contribution in [1.82, 2.24) is 4.98 Å². The third-order valence-electron chi connectivity index (χ3n) is 2.68. The molecule has 0 aliphatic rings. The SMILES string of the molecule is CCCCN(c1ccc(Cl)cn1)[n+]1ccccc1. The van der Waals surface area contributed by atoms with E-state index in [0.717, 1.165) is 25.2 Å². The van der Waals surface area contributed by atoms with Gasteiger partial charge < -0.3 is 0 Å². The van der Waals surface area contributed by atoms with Gasteiger partial charge in [0, 0.05) is 18.3 Å². The number of unbranched alkanes of at least 4 members (excludes halogenated alkanes) is 1. The van der Waals surface area contributed by atoms with E-state index in [2.05, 4.69) is 16.9 Å². The van der Waals surface area contributed by atoms with Gasteiger partial charge in [0.25, 0.3) is 0 Å². The quantitative estimate of drug-likeness (QED) is 0.772. The second-order valence-electron chi connectivity index (χ2n) is 4.07. The second kappa shape index (κ2) is 6.36. The van der Waals surface area contributed by atoms with Crippen molar-refractivity contribution < 1.29 is 4.68 Å². The average Bonchev–Trinajstić information content (AvgIpc) is 2.42. The summed E-state index contributed by atoms with van der Waals surface area (Å²) in [5.41, 5.74) is 0. The normalized spacial score (nSPS) is 10.3. The molecule has 0 radical (unpaired) electrons. The van der Waals surface area contributed by atoms with Crippen LogP contribution >= 0.6 is 11.6 Å². The Morgan fingerprint density at radius 3 is 2.61 bits per heavy atom. The predicted molar refractivity (Wildman–Crippen MR) is 73.5 cm³/mol. The molecule has 0 amide bonds. The van der Waals surface area contributed by atoms with E-state index in [1.165, 1.54) is 0 Å². The molecule has 0 atom stereocenters. The smallest absolute Gasteiger partial charge is 0.200 e. The Morgan fingerprint density at radius 2 is 2.00 bits per heavy atom. The predicted octanol–water partition coefficient (Wildman–Crippen LogP) is 3.09. The summed E-state index contributed by atoms with van der Waals surface area (Å²) in [5.74, 6) is 0.907. The van der Waals surface area contributed by atoms with Gasteiger partial charge in [-0.15, -0.1) is 5.01 Å². The third-order valence-corrected chi connectivity index (χ3v) is 2.90. The lowest BCUT2D eigenvalue weighted by Crippen LogP contribution is -2.54. The van der Waals surface area contributed by atoms with E-state index in [9.17, 15) is 0 Å². The van der Waals surface area contributed by atoms with Crippen LogP contribution in [0.2, 0.25) is 5.02 Å². The highest BCUT2D eigenvalue weighted by Gasteiger charge is 2.15. The van der Waals surface area contributed by atoms with Crippen molar-refractivity contribution >= 4 is 17.4 Å². The first-order chi connectivity index (χ1) is 8.81. The molecular weight excluding hydrogens is 246 g/mol. The highest BCUT2D eigenvalue weighted by atomic mass is 35.5. The minimum Gasteiger partial charge on any atom is -0.233 e. The van der Waals surface area contributed by atoms with E-state index in [1.54, 1.807) is 6.20 Å². The maximum atomic E-state index is 5.88. The van der Waals surface area contributed by atoms with E-state index < -0.39 is 0 Å². The molecule has 0 aliphatic heterocycles. The van der Waals surface area contributed by atoms with Gasteiger partial charge in [-0.2, -0.15) is 0 Å². The summed E-state index contributed by atoms with van der Waals surface area (Å²) in [6.07, 6.45) is 7.99. The van der Waals surface area contributed by atoms with Gasteiger partial charge in [0.05, 0.1) is 11.6 Å². The van der Waals surface area contributed by atoms with Crippen LogP contribution in [0.5, 0.6) is 0 Å². The van der Waals surface area contributed by atoms with E-state index in [1.807, 2.05) is 47.4 Å². The zero-order valence-corrected chi connectivity index (χ0v) is 11.2. The van der Waals surface area contributed by atoms with Crippen LogP contribution in [0.1, 0.15) is 19.8 Å². The molecule has 2 rings (SSSR count). The fraction of sp³-hybridized carbons (Fsp3) is 0.286. The summed E-state index contributed by atoms with van der Waals surface area (Å²) in [6, 6.07) is 9.83. The highest BCUT2D eigenvalue weighted by Crippen LogP contribution is 2.13. The molecule has 0 fully saturated rings. The molecule has 0 saturated heterocycles. The first-order valence-electron chi connectivity index (χ1n) is 6.17. The number of hydrogen-bond acceptors (Lipinski definition) is 2. The molecule has 0 bridgehead atoms. The minimum atomic E-state index is 0.659. The largest absolute Gasteiger partial charge is 0.233 e. The molecule has 0 aliphatic carbocycles. The Balaban J connectivity index is 2.27. The van der Waals surface area contributed by atoms with Crippen molar-refractivity contribution in [2.45, 2.75) is 19.8 Å². The van der Waals surface area contributed by atoms with Gasteiger partial charge in [-0.25, -0.2) is 4.98 Å². The monoisotopic (exact) mass is 262 g/mol. The Labute approximate surface area is 113 Å². The van der Waals surface area contributed by atoms with Crippen LogP contribution in [0.4, 0.5) is 5.82 Å². The number of pyridine rings is 2. The van der Waals surface area contributed by atoms with E-state index >= 15 is 0 Å². The zero-order valence-electron chi connectivity index (χ0n) is 10.5. The Kier molecular flexibility index (Phi) is 4.53. The molecule has 18 heavy (non-hydrogen) atoms. The lowest BCUT2D eigenvalue weighted by molar-refractivity contribution is -0.684. The minimum absolute atomic E-state index is 0.659. The summed E-state index contributed by atoms with van der Waals surface area (Å²) >= 11 is 5.88. The van der Waals surface area contributed by atoms with Crippen LogP contribution in [0.3, 0.4) is 0 Å². The molecule has 0 N–H and O–H groups in total. The van der Waals surface area contributed by atoms with Gasteiger partial charge in [0.2, 0.25) is 0 Å². The number of rotatable bonds is 5. The zero-order chi connectivity index (χ0) is 12.8. The van der Waals surface area contributed by atoms with E-state index in [-0.39, 0.29) is 0 Å². The Hall–Kier alpha value is -1.61. The second-order valence-corrected chi connectivity index (χ2v) is 4.50. The molecule has 2 aromatic rings. The van der Waals surface area contributed by atoms with E-state index in [0.29, 0.717) is 5.02 Å². The van der Waals surface area contributed by atoms with Crippen LogP contribution in [-0.2, 0) is 0 Å². The van der Waals surface area contributed by atoms with Crippen molar-refractivity contribution in [3.8, 4) is 0 Å². The molecule has 3 nitrogen and oxygen atoms in total. The molecule has 0 aromatic carbocycles. The summed E-state index contributed by atoms with van der Waals surface area (Å²) < 4.78 is 2.05. The molecule has 2 heterocycles. The number of anilines is 1. The molecule has 4 heteroatoms. The average molecular weight is 263 g/mol. The first kappa shape index (κ1) is 12.8. The molecule has 0 spiro atoms. The maximum absolute atomic E-state index is 5.88. The van der Waals surface area contributed by atoms with Crippen LogP contribution in [-0.4, -0.2) is 11.5 Å². The van der Waals surface area contributed by atoms with Gasteiger partial charge in [-0.3, -0.25) is 0 Å². The maximum Gasteiger partial charge on any atom is 0.200 e. The van der Waals surface area contributed by atoms with Crippen LogP contribution in [0.25, 0.3) is 0 Å². The molecular formula is C14H17ClN3+. The van der Waals surface area contributed by atoms with Gasteiger partial charge in [-0.1, -0.05) is 35.7 Å². The Bertz CT molecular complexity index is 470. The summed E-state index contributed by atoms with van der Waals surface area (Å²) in [4.78, 5) is 4.38. The number of nitrogens with zero attached hydrogens (tertiary/aromatic N) is 3. The van der Waals surface area contributed by atoms with Crippen LogP contribution in [0.15, 0.2) is 48.9 Å². The fourth-order valence-corrected chi connectivity index (χ4v) is 1.84.